The van der Waals surface area contributed by atoms with Crippen LogP contribution >= 0.6 is 0 Å². The summed E-state index contributed by atoms with van der Waals surface area (Å²) in [7, 11) is -0.0642. The maximum absolute atomic E-state index is 5.70. The third-order valence-corrected chi connectivity index (χ3v) is 5.60. The molecule has 0 aliphatic carbocycles. The van der Waals surface area contributed by atoms with Gasteiger partial charge < -0.3 is 18.9 Å². The van der Waals surface area contributed by atoms with Gasteiger partial charge in [-0.05, 0) is 25.9 Å². The van der Waals surface area contributed by atoms with Crippen molar-refractivity contribution in [2.24, 2.45) is 0 Å². The average Bonchev–Trinajstić information content (AvgIpc) is 3.16. The Hall–Kier alpha value is 0.0569. The van der Waals surface area contributed by atoms with Gasteiger partial charge >= 0.3 is 0 Å². The monoisotopic (exact) mass is 260 g/mol. The lowest BCUT2D eigenvalue weighted by Gasteiger charge is -2.14. The second kappa shape index (κ2) is 6.85. The van der Waals surface area contributed by atoms with E-state index < -0.39 is 0 Å². The van der Waals surface area contributed by atoms with Gasteiger partial charge in [0, 0.05) is 9.52 Å². The molecule has 0 N–H and O–H groups in total. The fraction of sp³-hybridized carbons (Fsp3) is 1.00. The molecule has 0 aromatic rings. The average molecular weight is 260 g/mol. The number of hydrogen-bond acceptors (Lipinski definition) is 4. The maximum Gasteiger partial charge on any atom is 0.104 e. The van der Waals surface area contributed by atoms with Crippen LogP contribution in [-0.2, 0) is 18.9 Å². The Labute approximate surface area is 106 Å². The summed E-state index contributed by atoms with van der Waals surface area (Å²) < 4.78 is 21.6. The first-order valence-electron chi connectivity index (χ1n) is 6.70. The molecule has 0 radical (unpaired) electrons. The van der Waals surface area contributed by atoms with Crippen LogP contribution in [0.15, 0.2) is 0 Å². The van der Waals surface area contributed by atoms with Crippen molar-refractivity contribution in [2.45, 2.75) is 50.4 Å². The van der Waals surface area contributed by atoms with Crippen molar-refractivity contribution in [3.05, 3.63) is 0 Å². The summed E-state index contributed by atoms with van der Waals surface area (Å²) in [6.45, 7) is 7.66. The fourth-order valence-corrected chi connectivity index (χ4v) is 3.45. The molecule has 2 rings (SSSR count). The zero-order valence-corrected chi connectivity index (χ0v) is 12.3. The van der Waals surface area contributed by atoms with Crippen LogP contribution in [0.1, 0.15) is 13.8 Å². The van der Waals surface area contributed by atoms with Gasteiger partial charge in [-0.2, -0.15) is 0 Å². The van der Waals surface area contributed by atoms with Crippen molar-refractivity contribution in [1.82, 2.24) is 0 Å². The lowest BCUT2D eigenvalue weighted by Crippen LogP contribution is -2.18. The molecule has 2 aliphatic heterocycles. The SMILES string of the molecule is CC(C[SiH2]CC(C)OCC1CO1)OCC1CO1. The molecule has 5 heteroatoms. The van der Waals surface area contributed by atoms with E-state index in [-0.39, 0.29) is 9.52 Å². The zero-order valence-electron chi connectivity index (χ0n) is 10.9. The highest BCUT2D eigenvalue weighted by atomic mass is 28.2. The third kappa shape index (κ3) is 6.52. The molecule has 0 spiro atoms. The van der Waals surface area contributed by atoms with E-state index in [0.29, 0.717) is 24.4 Å². The summed E-state index contributed by atoms with van der Waals surface area (Å²) in [5, 5.41) is 0. The van der Waals surface area contributed by atoms with Gasteiger partial charge in [-0.25, -0.2) is 0 Å². The van der Waals surface area contributed by atoms with Gasteiger partial charge in [0.25, 0.3) is 0 Å². The van der Waals surface area contributed by atoms with Crippen molar-refractivity contribution in [3.63, 3.8) is 0 Å². The molecule has 0 aromatic carbocycles. The zero-order chi connectivity index (χ0) is 12.1. The molecule has 0 saturated carbocycles. The van der Waals surface area contributed by atoms with Crippen molar-refractivity contribution in [2.75, 3.05) is 26.4 Å². The lowest BCUT2D eigenvalue weighted by atomic mass is 10.4. The Bertz CT molecular complexity index is 197. The lowest BCUT2D eigenvalue weighted by molar-refractivity contribution is 0.0615. The number of epoxide rings is 2. The first kappa shape index (κ1) is 13.5. The molecular weight excluding hydrogens is 236 g/mol. The van der Waals surface area contributed by atoms with Gasteiger partial charge in [-0.15, -0.1) is 0 Å². The Morgan fingerprint density at radius 3 is 1.76 bits per heavy atom. The van der Waals surface area contributed by atoms with E-state index in [0.717, 1.165) is 26.4 Å². The van der Waals surface area contributed by atoms with E-state index in [9.17, 15) is 0 Å². The molecule has 4 atom stereocenters. The van der Waals surface area contributed by atoms with Crippen LogP contribution in [0.2, 0.25) is 12.1 Å². The number of ether oxygens (including phenoxy) is 4. The van der Waals surface area contributed by atoms with E-state index in [1.54, 1.807) is 0 Å². The highest BCUT2D eigenvalue weighted by molar-refractivity contribution is 6.35. The van der Waals surface area contributed by atoms with Gasteiger partial charge in [0.15, 0.2) is 0 Å². The van der Waals surface area contributed by atoms with E-state index in [2.05, 4.69) is 13.8 Å². The second-order valence-electron chi connectivity index (χ2n) is 5.13. The Morgan fingerprint density at radius 1 is 1.00 bits per heavy atom. The molecule has 4 unspecified atom stereocenters. The fourth-order valence-electron chi connectivity index (χ4n) is 1.73. The van der Waals surface area contributed by atoms with E-state index >= 15 is 0 Å². The quantitative estimate of drug-likeness (QED) is 0.426. The molecule has 2 saturated heterocycles. The van der Waals surface area contributed by atoms with Crippen LogP contribution in [0, 0.1) is 0 Å². The number of rotatable bonds is 10. The summed E-state index contributed by atoms with van der Waals surface area (Å²) >= 11 is 0. The molecule has 17 heavy (non-hydrogen) atoms. The van der Waals surface area contributed by atoms with Gasteiger partial charge in [-0.1, -0.05) is 0 Å². The smallest absolute Gasteiger partial charge is 0.104 e. The largest absolute Gasteiger partial charge is 0.376 e. The van der Waals surface area contributed by atoms with Gasteiger partial charge in [0.05, 0.1) is 38.6 Å². The van der Waals surface area contributed by atoms with Crippen molar-refractivity contribution in [3.8, 4) is 0 Å². The topological polar surface area (TPSA) is 43.5 Å². The summed E-state index contributed by atoms with van der Waals surface area (Å²) in [5.74, 6) is 0. The first-order valence-corrected chi connectivity index (χ1v) is 8.70. The third-order valence-electron chi connectivity index (χ3n) is 3.16. The molecular formula is C12H24O4Si. The minimum atomic E-state index is -0.0642. The molecule has 0 bridgehead atoms. The summed E-state index contributed by atoms with van der Waals surface area (Å²) in [4.78, 5) is 0. The van der Waals surface area contributed by atoms with Crippen LogP contribution in [0.5, 0.6) is 0 Å². The summed E-state index contributed by atoms with van der Waals surface area (Å²) in [6.07, 6.45) is 1.56. The minimum Gasteiger partial charge on any atom is -0.376 e. The van der Waals surface area contributed by atoms with Gasteiger partial charge in [-0.3, -0.25) is 0 Å². The highest BCUT2D eigenvalue weighted by Gasteiger charge is 2.24. The molecule has 2 heterocycles. The normalized spacial score (nSPS) is 30.7. The van der Waals surface area contributed by atoms with Crippen molar-refractivity contribution >= 4 is 9.52 Å². The molecule has 4 nitrogen and oxygen atoms in total. The molecule has 0 amide bonds. The van der Waals surface area contributed by atoms with Crippen molar-refractivity contribution < 1.29 is 18.9 Å². The minimum absolute atomic E-state index is 0.0642. The van der Waals surface area contributed by atoms with E-state index in [4.69, 9.17) is 18.9 Å². The van der Waals surface area contributed by atoms with Crippen LogP contribution < -0.4 is 0 Å². The van der Waals surface area contributed by atoms with Crippen LogP contribution in [0.25, 0.3) is 0 Å². The number of hydrogen-bond donors (Lipinski definition) is 0. The molecule has 2 aliphatic rings. The summed E-state index contributed by atoms with van der Waals surface area (Å²) in [5.41, 5.74) is 0. The van der Waals surface area contributed by atoms with Gasteiger partial charge in [0.1, 0.15) is 12.2 Å². The highest BCUT2D eigenvalue weighted by Crippen LogP contribution is 2.13. The summed E-state index contributed by atoms with van der Waals surface area (Å²) in [6, 6.07) is 2.47. The van der Waals surface area contributed by atoms with Crippen LogP contribution in [-0.4, -0.2) is 60.4 Å². The standard InChI is InChI=1S/C12H24O4Si/c1-9(13-3-11-5-15-11)7-17-8-10(2)14-4-12-6-16-12/h9-12H,3-8,17H2,1-2H3. The predicted octanol–water partition coefficient (Wildman–Crippen LogP) is 0.600. The molecule has 100 valence electrons. The maximum atomic E-state index is 5.70. The van der Waals surface area contributed by atoms with Crippen molar-refractivity contribution in [1.29, 1.82) is 0 Å². The predicted molar refractivity (Wildman–Crippen MR) is 68.5 cm³/mol. The first-order chi connectivity index (χ1) is 8.24. The Balaban J connectivity index is 1.40. The Morgan fingerprint density at radius 2 is 1.41 bits per heavy atom. The van der Waals surface area contributed by atoms with Crippen LogP contribution in [0.3, 0.4) is 0 Å². The van der Waals surface area contributed by atoms with Crippen LogP contribution in [0.4, 0.5) is 0 Å². The molecule has 0 aromatic heterocycles. The van der Waals surface area contributed by atoms with E-state index in [1.165, 1.54) is 12.1 Å². The van der Waals surface area contributed by atoms with E-state index in [1.807, 2.05) is 0 Å². The Kier molecular flexibility index (Phi) is 5.43. The van der Waals surface area contributed by atoms with Gasteiger partial charge in [0.2, 0.25) is 0 Å². The second-order valence-corrected chi connectivity index (χ2v) is 6.99. The molecule has 2 fully saturated rings.